The molecule has 0 aliphatic carbocycles. The summed E-state index contributed by atoms with van der Waals surface area (Å²) in [5, 5.41) is 49.4. The molecule has 0 unspecified atom stereocenters. The largest absolute Gasteiger partial charge is 0.479 e. The third-order valence-electron chi connectivity index (χ3n) is 5.33. The predicted octanol–water partition coefficient (Wildman–Crippen LogP) is 1.58. The van der Waals surface area contributed by atoms with E-state index in [-0.39, 0.29) is 5.75 Å². The smallest absolute Gasteiger partial charge is 0.347 e. The van der Waals surface area contributed by atoms with Gasteiger partial charge >= 0.3 is 11.9 Å². The molecular formula is C23H25ClO10. The first-order valence-corrected chi connectivity index (χ1v) is 10.6. The van der Waals surface area contributed by atoms with Gasteiger partial charge in [-0.1, -0.05) is 35.9 Å². The summed E-state index contributed by atoms with van der Waals surface area (Å²) < 4.78 is 16.7. The number of aliphatic carboxylic acids is 2. The number of carbonyl (C=O) groups is 2. The van der Waals surface area contributed by atoms with Crippen LogP contribution < -0.4 is 4.74 Å². The first-order valence-electron chi connectivity index (χ1n) is 10.3. The molecule has 11 heteroatoms. The van der Waals surface area contributed by atoms with Gasteiger partial charge in [-0.25, -0.2) is 9.59 Å². The molecule has 0 spiro atoms. The van der Waals surface area contributed by atoms with E-state index in [9.17, 15) is 35.1 Å². The summed E-state index contributed by atoms with van der Waals surface area (Å²) in [5.74, 6) is -2.39. The third-order valence-corrected chi connectivity index (χ3v) is 5.58. The van der Waals surface area contributed by atoms with Gasteiger partial charge in [0.1, 0.15) is 30.2 Å². The van der Waals surface area contributed by atoms with E-state index in [4.69, 9.17) is 25.8 Å². The highest BCUT2D eigenvalue weighted by Crippen LogP contribution is 2.33. The summed E-state index contributed by atoms with van der Waals surface area (Å²) in [7, 11) is 0. The molecule has 2 aromatic rings. The Morgan fingerprint density at radius 2 is 1.44 bits per heavy atom. The number of rotatable bonds is 8. The SMILES string of the molecule is CC(C)(Oc1ccc([C@H](O[C@H]2O[C@@H](C(=O)O)[C@H](O)[C@@H](O)[C@@H]2O)c2ccc(Cl)cc2)cc1)C(=O)O. The van der Waals surface area contributed by atoms with Gasteiger partial charge in [0, 0.05) is 5.02 Å². The Kier molecular flexibility index (Phi) is 7.81. The van der Waals surface area contributed by atoms with Gasteiger partial charge in [-0.15, -0.1) is 0 Å². The minimum Gasteiger partial charge on any atom is -0.479 e. The summed E-state index contributed by atoms with van der Waals surface area (Å²) >= 11 is 5.98. The molecule has 0 aromatic heterocycles. The molecule has 0 saturated carbocycles. The predicted molar refractivity (Wildman–Crippen MR) is 117 cm³/mol. The van der Waals surface area contributed by atoms with E-state index < -0.39 is 54.3 Å². The van der Waals surface area contributed by atoms with E-state index in [1.807, 2.05) is 0 Å². The number of aliphatic hydroxyl groups excluding tert-OH is 3. The van der Waals surface area contributed by atoms with E-state index in [0.29, 0.717) is 16.1 Å². The van der Waals surface area contributed by atoms with Crippen molar-refractivity contribution in [3.05, 3.63) is 64.7 Å². The van der Waals surface area contributed by atoms with Crippen molar-refractivity contribution in [2.45, 2.75) is 56.3 Å². The van der Waals surface area contributed by atoms with E-state index in [0.717, 1.165) is 0 Å². The molecule has 0 bridgehead atoms. The summed E-state index contributed by atoms with van der Waals surface area (Å²) in [6.45, 7) is 2.81. The van der Waals surface area contributed by atoms with Crippen LogP contribution in [0.25, 0.3) is 0 Å². The fraction of sp³-hybridized carbons (Fsp3) is 0.391. The van der Waals surface area contributed by atoms with Gasteiger partial charge in [-0.3, -0.25) is 0 Å². The van der Waals surface area contributed by atoms with Crippen LogP contribution in [0.1, 0.15) is 31.1 Å². The highest BCUT2D eigenvalue weighted by molar-refractivity contribution is 6.30. The van der Waals surface area contributed by atoms with E-state index in [1.165, 1.54) is 26.0 Å². The molecular weight excluding hydrogens is 472 g/mol. The fourth-order valence-electron chi connectivity index (χ4n) is 3.33. The van der Waals surface area contributed by atoms with Crippen LogP contribution in [0.3, 0.4) is 0 Å². The van der Waals surface area contributed by atoms with Gasteiger partial charge < -0.3 is 39.7 Å². The maximum atomic E-state index is 11.4. The lowest BCUT2D eigenvalue weighted by Crippen LogP contribution is -2.60. The molecule has 34 heavy (non-hydrogen) atoms. The highest BCUT2D eigenvalue weighted by atomic mass is 35.5. The Morgan fingerprint density at radius 3 is 1.94 bits per heavy atom. The summed E-state index contributed by atoms with van der Waals surface area (Å²) in [5.41, 5.74) is -0.380. The second kappa shape index (κ2) is 10.3. The normalized spacial score (nSPS) is 26.0. The molecule has 0 radical (unpaired) electrons. The van der Waals surface area contributed by atoms with Crippen LogP contribution in [0.15, 0.2) is 48.5 Å². The van der Waals surface area contributed by atoms with Gasteiger partial charge in [0.25, 0.3) is 0 Å². The Labute approximate surface area is 199 Å². The van der Waals surface area contributed by atoms with Crippen LogP contribution in [0, 0.1) is 0 Å². The minimum absolute atomic E-state index is 0.282. The molecule has 5 N–H and O–H groups in total. The Hall–Kier alpha value is -2.73. The lowest BCUT2D eigenvalue weighted by atomic mass is 9.97. The molecule has 3 rings (SSSR count). The number of benzene rings is 2. The van der Waals surface area contributed by atoms with Gasteiger partial charge in [0.2, 0.25) is 0 Å². The maximum absolute atomic E-state index is 11.4. The van der Waals surface area contributed by atoms with Crippen LogP contribution in [-0.2, 0) is 19.1 Å². The van der Waals surface area contributed by atoms with E-state index >= 15 is 0 Å². The second-order valence-electron chi connectivity index (χ2n) is 8.29. The number of halogens is 1. The molecule has 1 aliphatic heterocycles. The molecule has 2 aromatic carbocycles. The van der Waals surface area contributed by atoms with Crippen LogP contribution in [0.2, 0.25) is 5.02 Å². The van der Waals surface area contributed by atoms with Crippen molar-refractivity contribution in [2.24, 2.45) is 0 Å². The summed E-state index contributed by atoms with van der Waals surface area (Å²) in [6.07, 6.45) is -9.74. The zero-order valence-corrected chi connectivity index (χ0v) is 19.0. The van der Waals surface area contributed by atoms with Gasteiger partial charge in [-0.2, -0.15) is 0 Å². The Bertz CT molecular complexity index is 1010. The standard InChI is InChI=1S/C23H25ClO10/c1-23(2,22(30)31)34-14-9-5-12(6-10-14)18(11-3-7-13(24)8-4-11)32-21-17(27)15(25)16(26)19(33-21)20(28)29/h3-10,15-19,21,25-27H,1-2H3,(H,28,29)(H,30,31)/t15-,16-,17+,18-,19-,21+/m1/s1. The fourth-order valence-corrected chi connectivity index (χ4v) is 3.46. The molecule has 1 fully saturated rings. The topological polar surface area (TPSA) is 163 Å². The molecule has 1 aliphatic rings. The molecule has 1 saturated heterocycles. The molecule has 0 amide bonds. The number of carboxylic acids is 2. The number of hydrogen-bond donors (Lipinski definition) is 5. The maximum Gasteiger partial charge on any atom is 0.347 e. The first kappa shape index (κ1) is 25.9. The molecule has 10 nitrogen and oxygen atoms in total. The molecule has 6 atom stereocenters. The van der Waals surface area contributed by atoms with Crippen LogP contribution in [0.5, 0.6) is 5.75 Å². The van der Waals surface area contributed by atoms with Gasteiger partial charge in [0.05, 0.1) is 0 Å². The van der Waals surface area contributed by atoms with Crippen molar-refractivity contribution in [1.29, 1.82) is 0 Å². The Balaban J connectivity index is 1.91. The van der Waals surface area contributed by atoms with Crippen molar-refractivity contribution in [2.75, 3.05) is 0 Å². The van der Waals surface area contributed by atoms with Crippen LogP contribution in [0.4, 0.5) is 0 Å². The van der Waals surface area contributed by atoms with Crippen LogP contribution >= 0.6 is 11.6 Å². The van der Waals surface area contributed by atoms with Gasteiger partial charge in [-0.05, 0) is 49.2 Å². The Morgan fingerprint density at radius 1 is 0.912 bits per heavy atom. The lowest BCUT2D eigenvalue weighted by Gasteiger charge is -2.40. The van der Waals surface area contributed by atoms with Crippen LogP contribution in [-0.4, -0.2) is 73.8 Å². The highest BCUT2D eigenvalue weighted by Gasteiger charge is 2.48. The van der Waals surface area contributed by atoms with Gasteiger partial charge in [0.15, 0.2) is 18.0 Å². The van der Waals surface area contributed by atoms with Crippen molar-refractivity contribution < 1.29 is 49.3 Å². The average molecular weight is 497 g/mol. The quantitative estimate of drug-likeness (QED) is 0.362. The number of carboxylic acid groups (broad SMARTS) is 2. The van der Waals surface area contributed by atoms with Crippen molar-refractivity contribution >= 4 is 23.5 Å². The number of ether oxygens (including phenoxy) is 3. The minimum atomic E-state index is -1.85. The zero-order chi connectivity index (χ0) is 25.2. The van der Waals surface area contributed by atoms with E-state index in [2.05, 4.69) is 0 Å². The zero-order valence-electron chi connectivity index (χ0n) is 18.2. The second-order valence-corrected chi connectivity index (χ2v) is 8.73. The first-order chi connectivity index (χ1) is 15.9. The third kappa shape index (κ3) is 5.66. The average Bonchev–Trinajstić information content (AvgIpc) is 2.78. The monoisotopic (exact) mass is 496 g/mol. The van der Waals surface area contributed by atoms with Crippen molar-refractivity contribution in [3.8, 4) is 5.75 Å². The molecule has 184 valence electrons. The van der Waals surface area contributed by atoms with Crippen molar-refractivity contribution in [1.82, 2.24) is 0 Å². The van der Waals surface area contributed by atoms with E-state index in [1.54, 1.807) is 36.4 Å². The number of hydrogen-bond acceptors (Lipinski definition) is 8. The number of aliphatic hydroxyl groups is 3. The lowest BCUT2D eigenvalue weighted by molar-refractivity contribution is -0.302. The van der Waals surface area contributed by atoms with Crippen molar-refractivity contribution in [3.63, 3.8) is 0 Å². The molecule has 1 heterocycles. The summed E-state index contributed by atoms with van der Waals surface area (Å²) in [6, 6.07) is 12.8. The summed E-state index contributed by atoms with van der Waals surface area (Å²) in [4.78, 5) is 22.7.